The number of carbonyl (C=O) groups excluding carboxylic acids is 1. The van der Waals surface area contributed by atoms with Gasteiger partial charge in [-0.2, -0.15) is 0 Å². The molecule has 0 saturated carbocycles. The molecule has 1 aliphatic rings. The van der Waals surface area contributed by atoms with Gasteiger partial charge in [-0.15, -0.1) is 0 Å². The molecule has 1 N–H and O–H groups in total. The molecule has 0 bridgehead atoms. The molecular weight excluding hydrogens is 316 g/mol. The Morgan fingerprint density at radius 1 is 1.24 bits per heavy atom. The number of carbonyl (C=O) groups is 2. The third-order valence-electron chi connectivity index (χ3n) is 5.20. The van der Waals surface area contributed by atoms with Crippen LogP contribution in [0.1, 0.15) is 40.0 Å². The van der Waals surface area contributed by atoms with Gasteiger partial charge in [-0.05, 0) is 31.0 Å². The minimum Gasteiger partial charge on any atom is -0.481 e. The number of benzene rings is 1. The largest absolute Gasteiger partial charge is 0.481 e. The van der Waals surface area contributed by atoms with Gasteiger partial charge < -0.3 is 9.67 Å². The molecule has 2 heterocycles. The maximum Gasteiger partial charge on any atom is 0.308 e. The molecular formula is C20H24N2O3. The average molecular weight is 340 g/mol. The van der Waals surface area contributed by atoms with Crippen LogP contribution in [-0.4, -0.2) is 39.4 Å². The van der Waals surface area contributed by atoms with Gasteiger partial charge in [-0.3, -0.25) is 14.5 Å². The smallest absolute Gasteiger partial charge is 0.308 e. The third-order valence-corrected chi connectivity index (χ3v) is 5.20. The molecule has 0 spiro atoms. The maximum atomic E-state index is 11.8. The minimum atomic E-state index is -0.743. The fraction of sp³-hybridized carbons (Fsp3) is 0.400. The lowest BCUT2D eigenvalue weighted by molar-refractivity contribution is -0.141. The van der Waals surface area contributed by atoms with Crippen LogP contribution in [0.25, 0.3) is 0 Å². The van der Waals surface area contributed by atoms with Gasteiger partial charge in [0, 0.05) is 50.1 Å². The highest BCUT2D eigenvalue weighted by molar-refractivity contribution is 5.94. The Hall–Kier alpha value is -2.40. The predicted octanol–water partition coefficient (Wildman–Crippen LogP) is 2.84. The summed E-state index contributed by atoms with van der Waals surface area (Å²) in [5.41, 5.74) is 3.98. The Kier molecular flexibility index (Phi) is 4.77. The number of likely N-dealkylation sites (tertiary alicyclic amines) is 1. The summed E-state index contributed by atoms with van der Waals surface area (Å²) in [4.78, 5) is 25.5. The van der Waals surface area contributed by atoms with Crippen LogP contribution in [0.2, 0.25) is 0 Å². The Balaban J connectivity index is 1.82. The first-order valence-electron chi connectivity index (χ1n) is 8.53. The number of hydrogen-bond acceptors (Lipinski definition) is 3. The van der Waals surface area contributed by atoms with Crippen LogP contribution in [0.5, 0.6) is 0 Å². The molecule has 0 unspecified atom stereocenters. The first-order valence-corrected chi connectivity index (χ1v) is 8.53. The fourth-order valence-electron chi connectivity index (χ4n) is 3.77. The number of hydrogen-bond donors (Lipinski definition) is 1. The number of aryl methyl sites for hydroxylation is 2. The second-order valence-electron chi connectivity index (χ2n) is 6.99. The van der Waals surface area contributed by atoms with Gasteiger partial charge in [-0.25, -0.2) is 0 Å². The number of aromatic nitrogens is 1. The summed E-state index contributed by atoms with van der Waals surface area (Å²) in [5.74, 6) is -1.11. The van der Waals surface area contributed by atoms with Gasteiger partial charge in [0.1, 0.15) is 0 Å². The Morgan fingerprint density at radius 3 is 2.56 bits per heavy atom. The topological polar surface area (TPSA) is 62.5 Å². The first kappa shape index (κ1) is 17.4. The molecule has 2 aromatic rings. The van der Waals surface area contributed by atoms with E-state index in [9.17, 15) is 14.7 Å². The number of carboxylic acid groups (broad SMARTS) is 1. The van der Waals surface area contributed by atoms with E-state index in [1.807, 2.05) is 55.1 Å². The first-order chi connectivity index (χ1) is 11.9. The Morgan fingerprint density at radius 2 is 1.96 bits per heavy atom. The molecule has 132 valence electrons. The van der Waals surface area contributed by atoms with Crippen LogP contribution in [-0.2, 0) is 18.4 Å². The monoisotopic (exact) mass is 340 g/mol. The molecule has 5 heteroatoms. The molecule has 1 fully saturated rings. The van der Waals surface area contributed by atoms with E-state index < -0.39 is 11.9 Å². The van der Waals surface area contributed by atoms with Gasteiger partial charge >= 0.3 is 5.97 Å². The van der Waals surface area contributed by atoms with Gasteiger partial charge in [0.2, 0.25) is 0 Å². The second-order valence-corrected chi connectivity index (χ2v) is 6.99. The van der Waals surface area contributed by atoms with E-state index in [0.29, 0.717) is 25.2 Å². The summed E-state index contributed by atoms with van der Waals surface area (Å²) in [5, 5.41) is 9.67. The lowest BCUT2D eigenvalue weighted by Crippen LogP contribution is -2.24. The zero-order valence-electron chi connectivity index (χ0n) is 14.9. The van der Waals surface area contributed by atoms with E-state index in [-0.39, 0.29) is 11.7 Å². The number of nitrogens with zero attached hydrogens (tertiary/aromatic N) is 2. The summed E-state index contributed by atoms with van der Waals surface area (Å²) in [6.07, 6.45) is 1.83. The molecule has 2 atom stereocenters. The van der Waals surface area contributed by atoms with Crippen LogP contribution in [0.3, 0.4) is 0 Å². The van der Waals surface area contributed by atoms with Crippen LogP contribution in [0.15, 0.2) is 36.5 Å². The van der Waals surface area contributed by atoms with Crippen LogP contribution in [0, 0.1) is 12.8 Å². The lowest BCUT2D eigenvalue weighted by atomic mass is 9.86. The maximum absolute atomic E-state index is 11.8. The molecule has 0 amide bonds. The molecule has 3 rings (SSSR count). The van der Waals surface area contributed by atoms with Gasteiger partial charge in [0.15, 0.2) is 5.78 Å². The van der Waals surface area contributed by atoms with Crippen molar-refractivity contribution in [1.82, 2.24) is 9.47 Å². The summed E-state index contributed by atoms with van der Waals surface area (Å²) in [6.45, 7) is 5.48. The van der Waals surface area contributed by atoms with E-state index in [4.69, 9.17) is 0 Å². The number of ketones is 1. The molecule has 0 aliphatic carbocycles. The van der Waals surface area contributed by atoms with Crippen molar-refractivity contribution in [1.29, 1.82) is 0 Å². The van der Waals surface area contributed by atoms with E-state index in [0.717, 1.165) is 16.8 Å². The highest BCUT2D eigenvalue weighted by Gasteiger charge is 2.39. The van der Waals surface area contributed by atoms with Crippen molar-refractivity contribution < 1.29 is 14.7 Å². The van der Waals surface area contributed by atoms with E-state index in [1.165, 1.54) is 0 Å². The van der Waals surface area contributed by atoms with Gasteiger partial charge in [0.05, 0.1) is 5.92 Å². The van der Waals surface area contributed by atoms with Gasteiger partial charge in [0.25, 0.3) is 0 Å². The van der Waals surface area contributed by atoms with Crippen LogP contribution >= 0.6 is 0 Å². The van der Waals surface area contributed by atoms with E-state index in [1.54, 1.807) is 6.92 Å². The van der Waals surface area contributed by atoms with Crippen molar-refractivity contribution in [3.63, 3.8) is 0 Å². The van der Waals surface area contributed by atoms with Crippen molar-refractivity contribution in [2.75, 3.05) is 13.1 Å². The molecule has 1 saturated heterocycles. The standard InChI is InChI=1S/C20H24N2O3/c1-13-6-4-5-7-17(13)18-11-22(12-19(18)20(24)25)10-16-8-15(14(2)23)9-21(16)3/h4-9,18-19H,10-12H2,1-3H3,(H,24,25)/t18-,19+/m0/s1. The molecule has 0 radical (unpaired) electrons. The van der Waals surface area contributed by atoms with Crippen molar-refractivity contribution in [3.8, 4) is 0 Å². The minimum absolute atomic E-state index is 0.00811. The Labute approximate surface area is 147 Å². The molecule has 1 aromatic carbocycles. The number of aliphatic carboxylic acids is 1. The molecule has 1 aliphatic heterocycles. The second kappa shape index (κ2) is 6.84. The number of Topliss-reactive ketones (excluding diaryl/α,β-unsaturated/α-hetero) is 1. The van der Waals surface area contributed by atoms with Crippen LogP contribution < -0.4 is 0 Å². The molecule has 25 heavy (non-hydrogen) atoms. The summed E-state index contributed by atoms with van der Waals surface area (Å²) in [6, 6.07) is 9.93. The third kappa shape index (κ3) is 3.51. The fourth-order valence-corrected chi connectivity index (χ4v) is 3.77. The van der Waals surface area contributed by atoms with Crippen molar-refractivity contribution in [2.45, 2.75) is 26.3 Å². The Bertz CT molecular complexity index is 809. The summed E-state index contributed by atoms with van der Waals surface area (Å²) >= 11 is 0. The highest BCUT2D eigenvalue weighted by atomic mass is 16.4. The van der Waals surface area contributed by atoms with Crippen molar-refractivity contribution in [2.24, 2.45) is 13.0 Å². The SMILES string of the molecule is CC(=O)c1cc(CN2C[C@@H](C(=O)O)[C@H](c3ccccc3C)C2)n(C)c1. The summed E-state index contributed by atoms with van der Waals surface area (Å²) in [7, 11) is 1.92. The van der Waals surface area contributed by atoms with Crippen molar-refractivity contribution >= 4 is 11.8 Å². The zero-order chi connectivity index (χ0) is 18.1. The highest BCUT2D eigenvalue weighted by Crippen LogP contribution is 2.35. The molecule has 1 aromatic heterocycles. The molecule has 5 nitrogen and oxygen atoms in total. The lowest BCUT2D eigenvalue weighted by Gasteiger charge is -2.18. The zero-order valence-corrected chi connectivity index (χ0v) is 14.9. The quantitative estimate of drug-likeness (QED) is 0.850. The van der Waals surface area contributed by atoms with Crippen LogP contribution in [0.4, 0.5) is 0 Å². The predicted molar refractivity (Wildman–Crippen MR) is 95.7 cm³/mol. The van der Waals surface area contributed by atoms with Crippen molar-refractivity contribution in [3.05, 3.63) is 58.9 Å². The normalized spacial score (nSPS) is 20.8. The number of rotatable bonds is 5. The van der Waals surface area contributed by atoms with E-state index in [2.05, 4.69) is 4.90 Å². The summed E-state index contributed by atoms with van der Waals surface area (Å²) < 4.78 is 1.95. The number of carboxylic acids is 1. The van der Waals surface area contributed by atoms with E-state index >= 15 is 0 Å². The average Bonchev–Trinajstić information content (AvgIpc) is 3.13. The van der Waals surface area contributed by atoms with Gasteiger partial charge in [-0.1, -0.05) is 24.3 Å².